The normalized spacial score (nSPS) is 11.4. The summed E-state index contributed by atoms with van der Waals surface area (Å²) in [6.45, 7) is 6.58. The molecule has 0 aliphatic heterocycles. The van der Waals surface area contributed by atoms with Crippen LogP contribution in [0.4, 0.5) is 5.82 Å². The Morgan fingerprint density at radius 1 is 0.880 bits per heavy atom. The molecular weight excluding hydrogens is 310 g/mol. The monoisotopic (exact) mass is 333 g/mol. The number of nitrogens with two attached hydrogens (primary N) is 1. The maximum absolute atomic E-state index is 6.02. The van der Waals surface area contributed by atoms with Crippen LogP contribution in [0, 0.1) is 0 Å². The van der Waals surface area contributed by atoms with Crippen molar-refractivity contribution in [2.24, 2.45) is 0 Å². The number of hydrogen-bond acceptors (Lipinski definition) is 4. The van der Waals surface area contributed by atoms with E-state index >= 15 is 0 Å². The number of rotatable bonds is 3. The van der Waals surface area contributed by atoms with E-state index in [0.717, 1.165) is 22.6 Å². The van der Waals surface area contributed by atoms with Gasteiger partial charge in [-0.05, 0) is 23.1 Å². The van der Waals surface area contributed by atoms with Gasteiger partial charge in [0.2, 0.25) is 0 Å². The van der Waals surface area contributed by atoms with Crippen LogP contribution in [0.1, 0.15) is 26.3 Å². The van der Waals surface area contributed by atoms with E-state index in [1.54, 1.807) is 13.2 Å². The van der Waals surface area contributed by atoms with Gasteiger partial charge in [0.15, 0.2) is 5.82 Å². The molecule has 0 amide bonds. The lowest BCUT2D eigenvalue weighted by atomic mass is 9.87. The highest BCUT2D eigenvalue weighted by molar-refractivity contribution is 5.68. The van der Waals surface area contributed by atoms with E-state index in [-0.39, 0.29) is 5.41 Å². The Hall–Kier alpha value is -2.88. The predicted octanol–water partition coefficient (Wildman–Crippen LogP) is 4.70. The number of ether oxygens (including phenoxy) is 1. The second kappa shape index (κ2) is 6.55. The van der Waals surface area contributed by atoms with Crippen molar-refractivity contribution in [3.8, 4) is 28.4 Å². The van der Waals surface area contributed by atoms with Gasteiger partial charge in [-0.15, -0.1) is 0 Å². The number of nitrogens with zero attached hydrogens (tertiary/aromatic N) is 2. The van der Waals surface area contributed by atoms with Gasteiger partial charge in [-0.1, -0.05) is 57.2 Å². The number of methoxy groups -OCH3 is 1. The Kier molecular flexibility index (Phi) is 4.45. The fourth-order valence-electron chi connectivity index (χ4n) is 2.64. The number of anilines is 1. The van der Waals surface area contributed by atoms with E-state index in [1.165, 1.54) is 5.56 Å². The largest absolute Gasteiger partial charge is 0.497 e. The summed E-state index contributed by atoms with van der Waals surface area (Å²) < 4.78 is 5.29. The van der Waals surface area contributed by atoms with Crippen molar-refractivity contribution in [3.05, 3.63) is 60.2 Å². The zero-order valence-corrected chi connectivity index (χ0v) is 15.1. The molecule has 0 aliphatic carbocycles. The molecule has 4 heteroatoms. The molecule has 0 saturated carbocycles. The summed E-state index contributed by atoms with van der Waals surface area (Å²) in [7, 11) is 1.65. The maximum Gasteiger partial charge on any atom is 0.162 e. The van der Waals surface area contributed by atoms with Crippen molar-refractivity contribution < 1.29 is 4.74 Å². The number of nitrogen functional groups attached to an aromatic ring is 1. The lowest BCUT2D eigenvalue weighted by Gasteiger charge is -2.19. The fraction of sp³-hybridized carbons (Fsp3) is 0.238. The van der Waals surface area contributed by atoms with Gasteiger partial charge in [-0.3, -0.25) is 0 Å². The zero-order valence-electron chi connectivity index (χ0n) is 15.1. The van der Waals surface area contributed by atoms with Gasteiger partial charge >= 0.3 is 0 Å². The van der Waals surface area contributed by atoms with Crippen LogP contribution in [0.3, 0.4) is 0 Å². The molecular formula is C21H23N3O. The van der Waals surface area contributed by atoms with Crippen molar-refractivity contribution in [2.75, 3.05) is 12.8 Å². The molecule has 0 bridgehead atoms. The Morgan fingerprint density at radius 3 is 2.24 bits per heavy atom. The Labute approximate surface area is 148 Å². The highest BCUT2D eigenvalue weighted by Gasteiger charge is 2.14. The van der Waals surface area contributed by atoms with E-state index in [4.69, 9.17) is 15.5 Å². The summed E-state index contributed by atoms with van der Waals surface area (Å²) in [5.41, 5.74) is 10.1. The lowest BCUT2D eigenvalue weighted by Crippen LogP contribution is -2.10. The standard InChI is InChI=1S/C21H23N3O/c1-21(2,3)16-10-8-14(9-11-16)20-23-18(13-19(22)24-20)15-6-5-7-17(12-15)25-4/h5-13H,1-4H3,(H2,22,23,24). The first-order valence-corrected chi connectivity index (χ1v) is 8.27. The van der Waals surface area contributed by atoms with E-state index in [2.05, 4.69) is 37.9 Å². The molecule has 3 aromatic rings. The molecule has 4 nitrogen and oxygen atoms in total. The summed E-state index contributed by atoms with van der Waals surface area (Å²) in [6.07, 6.45) is 0. The molecule has 0 unspecified atom stereocenters. The molecule has 0 radical (unpaired) electrons. The third-order valence-electron chi connectivity index (χ3n) is 4.12. The van der Waals surface area contributed by atoms with Gasteiger partial charge < -0.3 is 10.5 Å². The van der Waals surface area contributed by atoms with E-state index in [0.29, 0.717) is 11.6 Å². The van der Waals surface area contributed by atoms with Crippen LogP contribution in [-0.2, 0) is 5.41 Å². The van der Waals surface area contributed by atoms with Crippen molar-refractivity contribution >= 4 is 5.82 Å². The minimum atomic E-state index is 0.112. The molecule has 1 aromatic heterocycles. The molecule has 2 aromatic carbocycles. The molecule has 0 aliphatic rings. The number of aromatic nitrogens is 2. The molecule has 128 valence electrons. The predicted molar refractivity (Wildman–Crippen MR) is 103 cm³/mol. The van der Waals surface area contributed by atoms with Crippen molar-refractivity contribution in [3.63, 3.8) is 0 Å². The van der Waals surface area contributed by atoms with Crippen LogP contribution in [0.15, 0.2) is 54.6 Å². The van der Waals surface area contributed by atoms with Gasteiger partial charge in [-0.2, -0.15) is 0 Å². The summed E-state index contributed by atoms with van der Waals surface area (Å²) in [5.74, 6) is 1.85. The van der Waals surface area contributed by atoms with Crippen molar-refractivity contribution in [1.29, 1.82) is 0 Å². The highest BCUT2D eigenvalue weighted by Crippen LogP contribution is 2.28. The number of hydrogen-bond donors (Lipinski definition) is 1. The average molecular weight is 333 g/mol. The lowest BCUT2D eigenvalue weighted by molar-refractivity contribution is 0.415. The molecule has 0 saturated heterocycles. The minimum absolute atomic E-state index is 0.112. The third kappa shape index (κ3) is 3.79. The van der Waals surface area contributed by atoms with Crippen LogP contribution in [0.2, 0.25) is 0 Å². The van der Waals surface area contributed by atoms with Gasteiger partial charge in [0.05, 0.1) is 12.8 Å². The smallest absolute Gasteiger partial charge is 0.162 e. The summed E-state index contributed by atoms with van der Waals surface area (Å²) in [4.78, 5) is 9.09. The first-order chi connectivity index (χ1) is 11.9. The van der Waals surface area contributed by atoms with E-state index in [1.807, 2.05) is 36.4 Å². The molecule has 25 heavy (non-hydrogen) atoms. The van der Waals surface area contributed by atoms with Crippen LogP contribution >= 0.6 is 0 Å². The van der Waals surface area contributed by atoms with Crippen LogP contribution in [-0.4, -0.2) is 17.1 Å². The molecule has 2 N–H and O–H groups in total. The average Bonchev–Trinajstić information content (AvgIpc) is 2.60. The van der Waals surface area contributed by atoms with Crippen molar-refractivity contribution in [1.82, 2.24) is 9.97 Å². The molecule has 1 heterocycles. The number of benzene rings is 2. The van der Waals surface area contributed by atoms with Crippen molar-refractivity contribution in [2.45, 2.75) is 26.2 Å². The van der Waals surface area contributed by atoms with Crippen LogP contribution in [0.5, 0.6) is 5.75 Å². The second-order valence-electron chi connectivity index (χ2n) is 7.06. The third-order valence-corrected chi connectivity index (χ3v) is 4.12. The molecule has 3 rings (SSSR count). The minimum Gasteiger partial charge on any atom is -0.497 e. The first kappa shape index (κ1) is 17.0. The van der Waals surface area contributed by atoms with Gasteiger partial charge in [0, 0.05) is 17.2 Å². The van der Waals surface area contributed by atoms with Crippen LogP contribution in [0.25, 0.3) is 22.6 Å². The molecule has 0 spiro atoms. The fourth-order valence-corrected chi connectivity index (χ4v) is 2.64. The SMILES string of the molecule is COc1cccc(-c2cc(N)nc(-c3ccc(C(C)(C)C)cc3)n2)c1. The van der Waals surface area contributed by atoms with Crippen LogP contribution < -0.4 is 10.5 Å². The zero-order chi connectivity index (χ0) is 18.0. The maximum atomic E-state index is 6.02. The Morgan fingerprint density at radius 2 is 1.60 bits per heavy atom. The molecule has 0 fully saturated rings. The summed E-state index contributed by atoms with van der Waals surface area (Å²) in [5, 5.41) is 0. The van der Waals surface area contributed by atoms with Gasteiger partial charge in [-0.25, -0.2) is 9.97 Å². The Bertz CT molecular complexity index is 880. The summed E-state index contributed by atoms with van der Waals surface area (Å²) in [6, 6.07) is 17.9. The second-order valence-corrected chi connectivity index (χ2v) is 7.06. The Balaban J connectivity index is 2.02. The van der Waals surface area contributed by atoms with Gasteiger partial charge in [0.25, 0.3) is 0 Å². The van der Waals surface area contributed by atoms with Gasteiger partial charge in [0.1, 0.15) is 11.6 Å². The topological polar surface area (TPSA) is 61.0 Å². The van der Waals surface area contributed by atoms with E-state index in [9.17, 15) is 0 Å². The summed E-state index contributed by atoms with van der Waals surface area (Å²) >= 11 is 0. The highest BCUT2D eigenvalue weighted by atomic mass is 16.5. The quantitative estimate of drug-likeness (QED) is 0.755. The van der Waals surface area contributed by atoms with E-state index < -0.39 is 0 Å². The molecule has 0 atom stereocenters. The first-order valence-electron chi connectivity index (χ1n) is 8.27.